The lowest BCUT2D eigenvalue weighted by atomic mass is 9.93. The van der Waals surface area contributed by atoms with Gasteiger partial charge in [0.05, 0.1) is 17.4 Å². The van der Waals surface area contributed by atoms with Crippen molar-refractivity contribution in [3.05, 3.63) is 59.9 Å². The molecular weight excluding hydrogens is 378 g/mol. The average Bonchev–Trinajstić information content (AvgIpc) is 3.23. The summed E-state index contributed by atoms with van der Waals surface area (Å²) < 4.78 is 0. The quantitative estimate of drug-likeness (QED) is 0.601. The van der Waals surface area contributed by atoms with Crippen LogP contribution in [0.4, 0.5) is 10.5 Å². The lowest BCUT2D eigenvalue weighted by Gasteiger charge is -2.32. The van der Waals surface area contributed by atoms with Gasteiger partial charge in [-0.15, -0.1) is 0 Å². The fourth-order valence-corrected chi connectivity index (χ4v) is 3.90. The number of fused-ring (bicyclic) bond motifs is 1. The van der Waals surface area contributed by atoms with Crippen LogP contribution in [0.2, 0.25) is 0 Å². The molecule has 1 aromatic heterocycles. The zero-order valence-electron chi connectivity index (χ0n) is 17.1. The van der Waals surface area contributed by atoms with Gasteiger partial charge in [0, 0.05) is 30.9 Å². The first-order valence-corrected chi connectivity index (χ1v) is 10.4. The number of piperidine rings is 1. The van der Waals surface area contributed by atoms with E-state index >= 15 is 0 Å². The fraction of sp³-hybridized carbons (Fsp3) is 0.348. The Balaban J connectivity index is 1.20. The Labute approximate surface area is 175 Å². The zero-order chi connectivity index (χ0) is 20.9. The number of imidazole rings is 1. The first kappa shape index (κ1) is 19.9. The molecular formula is C23H27N5O2. The maximum atomic E-state index is 12.5. The minimum Gasteiger partial charge on any atom is -0.352 e. The van der Waals surface area contributed by atoms with Crippen LogP contribution in [-0.4, -0.2) is 46.4 Å². The van der Waals surface area contributed by atoms with Crippen LogP contribution >= 0.6 is 0 Å². The maximum Gasteiger partial charge on any atom is 0.321 e. The van der Waals surface area contributed by atoms with Crippen LogP contribution in [-0.2, 0) is 0 Å². The summed E-state index contributed by atoms with van der Waals surface area (Å²) in [5.41, 5.74) is 4.27. The van der Waals surface area contributed by atoms with E-state index < -0.39 is 0 Å². The minimum atomic E-state index is -0.0680. The molecule has 3 amide bonds. The molecule has 3 aromatic rings. The summed E-state index contributed by atoms with van der Waals surface area (Å²) in [4.78, 5) is 34.0. The van der Waals surface area contributed by atoms with E-state index in [1.165, 1.54) is 0 Å². The molecule has 0 saturated carbocycles. The van der Waals surface area contributed by atoms with Crippen molar-refractivity contribution in [1.29, 1.82) is 0 Å². The number of anilines is 1. The Morgan fingerprint density at radius 1 is 1.17 bits per heavy atom. The van der Waals surface area contributed by atoms with Crippen LogP contribution in [0.25, 0.3) is 11.0 Å². The van der Waals surface area contributed by atoms with E-state index in [4.69, 9.17) is 0 Å². The van der Waals surface area contributed by atoms with Crippen molar-refractivity contribution in [2.75, 3.05) is 25.0 Å². The highest BCUT2D eigenvalue weighted by Gasteiger charge is 2.23. The molecule has 3 N–H and O–H groups in total. The number of rotatable bonds is 5. The number of hydrogen-bond donors (Lipinski definition) is 3. The van der Waals surface area contributed by atoms with Crippen LogP contribution in [0.1, 0.15) is 35.2 Å². The molecule has 0 spiro atoms. The summed E-state index contributed by atoms with van der Waals surface area (Å²) in [5.74, 6) is 0.449. The third-order valence-corrected chi connectivity index (χ3v) is 5.81. The van der Waals surface area contributed by atoms with Gasteiger partial charge in [-0.1, -0.05) is 18.2 Å². The zero-order valence-corrected chi connectivity index (χ0v) is 17.1. The molecule has 1 aliphatic rings. The van der Waals surface area contributed by atoms with Gasteiger partial charge in [0.1, 0.15) is 0 Å². The number of carbonyl (C=O) groups is 2. The normalized spacial score (nSPS) is 14.6. The van der Waals surface area contributed by atoms with Crippen molar-refractivity contribution in [2.24, 2.45) is 5.92 Å². The van der Waals surface area contributed by atoms with Crippen molar-refractivity contribution in [3.63, 3.8) is 0 Å². The minimum absolute atomic E-state index is 0.0368. The van der Waals surface area contributed by atoms with E-state index in [1.807, 2.05) is 48.2 Å². The fourth-order valence-electron chi connectivity index (χ4n) is 3.90. The smallest absolute Gasteiger partial charge is 0.321 e. The molecule has 4 rings (SSSR count). The molecule has 0 atom stereocenters. The predicted octanol–water partition coefficient (Wildman–Crippen LogP) is 3.94. The van der Waals surface area contributed by atoms with Crippen LogP contribution in [0.3, 0.4) is 0 Å². The summed E-state index contributed by atoms with van der Waals surface area (Å²) in [6.45, 7) is 4.11. The Morgan fingerprint density at radius 2 is 1.97 bits per heavy atom. The lowest BCUT2D eigenvalue weighted by molar-refractivity contribution is 0.0949. The van der Waals surface area contributed by atoms with Gasteiger partial charge in [-0.3, -0.25) is 4.79 Å². The SMILES string of the molecule is Cc1ccccc1NC(=O)N1CCC(CCNC(=O)c2ccc3nc[nH]c3c2)CC1. The Morgan fingerprint density at radius 3 is 2.77 bits per heavy atom. The number of aryl methyl sites for hydroxylation is 1. The molecule has 0 unspecified atom stereocenters. The van der Waals surface area contributed by atoms with Crippen molar-refractivity contribution in [2.45, 2.75) is 26.2 Å². The molecule has 7 heteroatoms. The largest absolute Gasteiger partial charge is 0.352 e. The summed E-state index contributed by atoms with van der Waals surface area (Å²) >= 11 is 0. The van der Waals surface area contributed by atoms with Crippen LogP contribution in [0.15, 0.2) is 48.8 Å². The number of nitrogens with one attached hydrogen (secondary N) is 3. The third kappa shape index (κ3) is 4.62. The number of urea groups is 1. The number of para-hydroxylation sites is 1. The second-order valence-electron chi connectivity index (χ2n) is 7.85. The number of likely N-dealkylation sites (tertiary alicyclic amines) is 1. The summed E-state index contributed by atoms with van der Waals surface area (Å²) in [6.07, 6.45) is 4.46. The molecule has 2 aromatic carbocycles. The number of H-pyrrole nitrogens is 1. The average molecular weight is 406 g/mol. The van der Waals surface area contributed by atoms with Crippen molar-refractivity contribution in [3.8, 4) is 0 Å². The number of aromatic amines is 1. The van der Waals surface area contributed by atoms with Gasteiger partial charge in [0.2, 0.25) is 0 Å². The Bertz CT molecular complexity index is 1040. The van der Waals surface area contributed by atoms with E-state index in [0.29, 0.717) is 18.0 Å². The van der Waals surface area contributed by atoms with E-state index in [9.17, 15) is 9.59 Å². The van der Waals surface area contributed by atoms with Gasteiger partial charge in [0.25, 0.3) is 5.91 Å². The molecule has 0 aliphatic carbocycles. The number of nitrogens with zero attached hydrogens (tertiary/aromatic N) is 2. The molecule has 0 radical (unpaired) electrons. The molecule has 2 heterocycles. The second-order valence-corrected chi connectivity index (χ2v) is 7.85. The van der Waals surface area contributed by atoms with Gasteiger partial charge in [-0.25, -0.2) is 9.78 Å². The van der Waals surface area contributed by atoms with Gasteiger partial charge >= 0.3 is 6.03 Å². The van der Waals surface area contributed by atoms with Crippen LogP contribution < -0.4 is 10.6 Å². The number of hydrogen-bond acceptors (Lipinski definition) is 3. The van der Waals surface area contributed by atoms with Crippen LogP contribution in [0.5, 0.6) is 0 Å². The molecule has 1 saturated heterocycles. The Kier molecular flexibility index (Phi) is 5.97. The molecule has 1 fully saturated rings. The topological polar surface area (TPSA) is 90.1 Å². The molecule has 7 nitrogen and oxygen atoms in total. The van der Waals surface area contributed by atoms with E-state index in [2.05, 4.69) is 20.6 Å². The van der Waals surface area contributed by atoms with Gasteiger partial charge in [-0.05, 0) is 61.9 Å². The number of carbonyl (C=O) groups excluding carboxylic acids is 2. The highest BCUT2D eigenvalue weighted by atomic mass is 16.2. The maximum absolute atomic E-state index is 12.5. The van der Waals surface area contributed by atoms with Gasteiger partial charge in [0.15, 0.2) is 0 Å². The molecule has 156 valence electrons. The molecule has 1 aliphatic heterocycles. The number of benzene rings is 2. The van der Waals surface area contributed by atoms with E-state index in [-0.39, 0.29) is 11.9 Å². The van der Waals surface area contributed by atoms with Crippen LogP contribution in [0, 0.1) is 12.8 Å². The van der Waals surface area contributed by atoms with E-state index in [0.717, 1.165) is 54.6 Å². The highest BCUT2D eigenvalue weighted by Crippen LogP contribution is 2.22. The van der Waals surface area contributed by atoms with Gasteiger partial charge in [-0.2, -0.15) is 0 Å². The van der Waals surface area contributed by atoms with Crippen molar-refractivity contribution in [1.82, 2.24) is 20.2 Å². The third-order valence-electron chi connectivity index (χ3n) is 5.81. The lowest BCUT2D eigenvalue weighted by Crippen LogP contribution is -2.41. The van der Waals surface area contributed by atoms with Crippen molar-refractivity contribution < 1.29 is 9.59 Å². The standard InChI is InChI=1S/C23H27N5O2/c1-16-4-2-3-5-19(16)27-23(30)28-12-9-17(10-13-28)8-11-24-22(29)18-6-7-20-21(14-18)26-15-25-20/h2-7,14-15,17H,8-13H2,1H3,(H,24,29)(H,25,26)(H,27,30). The number of aromatic nitrogens is 2. The number of amides is 3. The summed E-state index contributed by atoms with van der Waals surface area (Å²) in [6, 6.07) is 13.2. The van der Waals surface area contributed by atoms with E-state index in [1.54, 1.807) is 12.4 Å². The second kappa shape index (κ2) is 8.98. The summed E-state index contributed by atoms with van der Waals surface area (Å²) in [5, 5.41) is 6.01. The Hall–Kier alpha value is -3.35. The monoisotopic (exact) mass is 405 g/mol. The molecule has 0 bridgehead atoms. The van der Waals surface area contributed by atoms with Gasteiger partial charge < -0.3 is 20.5 Å². The highest BCUT2D eigenvalue weighted by molar-refractivity contribution is 5.97. The summed E-state index contributed by atoms with van der Waals surface area (Å²) in [7, 11) is 0. The van der Waals surface area contributed by atoms with Crippen molar-refractivity contribution >= 4 is 28.7 Å². The first-order chi connectivity index (χ1) is 14.6. The predicted molar refractivity (Wildman–Crippen MR) is 118 cm³/mol. The molecule has 30 heavy (non-hydrogen) atoms. The first-order valence-electron chi connectivity index (χ1n) is 10.4.